The molecule has 1 fully saturated rings. The highest BCUT2D eigenvalue weighted by Crippen LogP contribution is 2.18. The number of aromatic nitrogens is 4. The molecule has 0 atom stereocenters. The van der Waals surface area contributed by atoms with Crippen LogP contribution in [0.5, 0.6) is 0 Å². The SMILES string of the molecule is CCCCn1cc(N2CCN(c3ncccn3)CC2)nc1C. The third-order valence-electron chi connectivity index (χ3n) is 4.15. The second-order valence-electron chi connectivity index (χ2n) is 5.72. The number of hydrogen-bond donors (Lipinski definition) is 0. The van der Waals surface area contributed by atoms with Gasteiger partial charge < -0.3 is 14.4 Å². The van der Waals surface area contributed by atoms with Crippen molar-refractivity contribution in [2.45, 2.75) is 33.2 Å². The molecule has 0 amide bonds. The lowest BCUT2D eigenvalue weighted by Crippen LogP contribution is -2.47. The maximum atomic E-state index is 4.72. The number of imidazole rings is 1. The fourth-order valence-electron chi connectivity index (χ4n) is 2.79. The van der Waals surface area contributed by atoms with Gasteiger partial charge in [0.25, 0.3) is 0 Å². The number of hydrogen-bond acceptors (Lipinski definition) is 5. The van der Waals surface area contributed by atoms with E-state index < -0.39 is 0 Å². The zero-order valence-corrected chi connectivity index (χ0v) is 13.4. The molecule has 3 heterocycles. The Hall–Kier alpha value is -2.11. The Balaban J connectivity index is 1.62. The maximum Gasteiger partial charge on any atom is 0.225 e. The van der Waals surface area contributed by atoms with Crippen LogP contribution >= 0.6 is 0 Å². The van der Waals surface area contributed by atoms with Crippen molar-refractivity contribution in [3.05, 3.63) is 30.5 Å². The summed E-state index contributed by atoms with van der Waals surface area (Å²) >= 11 is 0. The highest BCUT2D eigenvalue weighted by Gasteiger charge is 2.20. The molecule has 0 saturated carbocycles. The van der Waals surface area contributed by atoms with Gasteiger partial charge in [0, 0.05) is 51.3 Å². The number of rotatable bonds is 5. The molecule has 0 radical (unpaired) electrons. The Bertz CT molecular complexity index is 586. The Labute approximate surface area is 131 Å². The van der Waals surface area contributed by atoms with Crippen LogP contribution in [0.15, 0.2) is 24.7 Å². The van der Waals surface area contributed by atoms with Crippen LogP contribution < -0.4 is 9.80 Å². The zero-order chi connectivity index (χ0) is 15.4. The number of aryl methyl sites for hydroxylation is 2. The minimum absolute atomic E-state index is 0.826. The predicted octanol–water partition coefficient (Wildman–Crippen LogP) is 2.11. The van der Waals surface area contributed by atoms with Crippen molar-refractivity contribution in [1.82, 2.24) is 19.5 Å². The molecular formula is C16H24N6. The molecule has 0 N–H and O–H groups in total. The van der Waals surface area contributed by atoms with E-state index >= 15 is 0 Å². The smallest absolute Gasteiger partial charge is 0.225 e. The molecule has 22 heavy (non-hydrogen) atoms. The lowest BCUT2D eigenvalue weighted by molar-refractivity contribution is 0.615. The van der Waals surface area contributed by atoms with Crippen molar-refractivity contribution in [2.24, 2.45) is 0 Å². The molecule has 2 aromatic rings. The Morgan fingerprint density at radius 3 is 2.41 bits per heavy atom. The summed E-state index contributed by atoms with van der Waals surface area (Å²) in [6, 6.07) is 1.85. The second-order valence-corrected chi connectivity index (χ2v) is 5.72. The van der Waals surface area contributed by atoms with Gasteiger partial charge in [-0.3, -0.25) is 0 Å². The zero-order valence-electron chi connectivity index (χ0n) is 13.4. The Kier molecular flexibility index (Phi) is 4.56. The number of piperazine rings is 1. The van der Waals surface area contributed by atoms with E-state index in [2.05, 4.69) is 44.4 Å². The number of unbranched alkanes of at least 4 members (excludes halogenated alkanes) is 1. The summed E-state index contributed by atoms with van der Waals surface area (Å²) < 4.78 is 2.27. The third-order valence-corrected chi connectivity index (χ3v) is 4.15. The quantitative estimate of drug-likeness (QED) is 0.846. The molecule has 6 nitrogen and oxygen atoms in total. The minimum atomic E-state index is 0.826. The van der Waals surface area contributed by atoms with Gasteiger partial charge in [-0.15, -0.1) is 0 Å². The van der Waals surface area contributed by atoms with E-state index in [4.69, 9.17) is 4.98 Å². The lowest BCUT2D eigenvalue weighted by atomic mass is 10.3. The van der Waals surface area contributed by atoms with E-state index in [1.54, 1.807) is 12.4 Å². The Morgan fingerprint density at radius 2 is 1.73 bits per heavy atom. The van der Waals surface area contributed by atoms with E-state index in [0.29, 0.717) is 0 Å². The second kappa shape index (κ2) is 6.77. The summed E-state index contributed by atoms with van der Waals surface area (Å²) in [5.41, 5.74) is 0. The molecule has 0 aromatic carbocycles. The summed E-state index contributed by atoms with van der Waals surface area (Å²) in [6.07, 6.45) is 8.21. The average Bonchev–Trinajstić information content (AvgIpc) is 2.95. The highest BCUT2D eigenvalue weighted by atomic mass is 15.3. The van der Waals surface area contributed by atoms with Crippen LogP contribution in [0.4, 0.5) is 11.8 Å². The highest BCUT2D eigenvalue weighted by molar-refractivity contribution is 5.41. The van der Waals surface area contributed by atoms with Gasteiger partial charge in [0.1, 0.15) is 11.6 Å². The molecule has 1 saturated heterocycles. The lowest BCUT2D eigenvalue weighted by Gasteiger charge is -2.34. The fourth-order valence-corrected chi connectivity index (χ4v) is 2.79. The van der Waals surface area contributed by atoms with E-state index in [1.807, 2.05) is 6.07 Å². The van der Waals surface area contributed by atoms with Crippen LogP contribution in [0.25, 0.3) is 0 Å². The van der Waals surface area contributed by atoms with Crippen LogP contribution in [-0.4, -0.2) is 45.7 Å². The first-order chi connectivity index (χ1) is 10.8. The first-order valence-corrected chi connectivity index (χ1v) is 8.08. The Morgan fingerprint density at radius 1 is 1.05 bits per heavy atom. The van der Waals surface area contributed by atoms with Gasteiger partial charge in [-0.05, 0) is 19.4 Å². The molecule has 3 rings (SSSR count). The van der Waals surface area contributed by atoms with Crippen LogP contribution in [0.3, 0.4) is 0 Å². The number of anilines is 2. The summed E-state index contributed by atoms with van der Waals surface area (Å²) in [6.45, 7) is 9.17. The monoisotopic (exact) mass is 300 g/mol. The van der Waals surface area contributed by atoms with Gasteiger partial charge >= 0.3 is 0 Å². The average molecular weight is 300 g/mol. The van der Waals surface area contributed by atoms with Gasteiger partial charge in [0.2, 0.25) is 5.95 Å². The largest absolute Gasteiger partial charge is 0.352 e. The van der Waals surface area contributed by atoms with Gasteiger partial charge in [0.15, 0.2) is 0 Å². The molecule has 2 aromatic heterocycles. The van der Waals surface area contributed by atoms with Gasteiger partial charge in [-0.25, -0.2) is 15.0 Å². The minimum Gasteiger partial charge on any atom is -0.352 e. The van der Waals surface area contributed by atoms with Crippen LogP contribution in [0.1, 0.15) is 25.6 Å². The van der Waals surface area contributed by atoms with Gasteiger partial charge in [-0.2, -0.15) is 0 Å². The van der Waals surface area contributed by atoms with Crippen molar-refractivity contribution < 1.29 is 0 Å². The molecule has 0 aliphatic carbocycles. The van der Waals surface area contributed by atoms with E-state index in [-0.39, 0.29) is 0 Å². The van der Waals surface area contributed by atoms with Gasteiger partial charge in [-0.1, -0.05) is 13.3 Å². The molecule has 6 heteroatoms. The van der Waals surface area contributed by atoms with Crippen LogP contribution in [-0.2, 0) is 6.54 Å². The van der Waals surface area contributed by atoms with Crippen molar-refractivity contribution >= 4 is 11.8 Å². The summed E-state index contributed by atoms with van der Waals surface area (Å²) in [7, 11) is 0. The van der Waals surface area contributed by atoms with Crippen LogP contribution in [0.2, 0.25) is 0 Å². The summed E-state index contributed by atoms with van der Waals surface area (Å²) in [5, 5.41) is 0. The molecule has 118 valence electrons. The first-order valence-electron chi connectivity index (χ1n) is 8.08. The third kappa shape index (κ3) is 3.21. The van der Waals surface area contributed by atoms with Crippen molar-refractivity contribution in [3.63, 3.8) is 0 Å². The van der Waals surface area contributed by atoms with Crippen molar-refractivity contribution in [3.8, 4) is 0 Å². The fraction of sp³-hybridized carbons (Fsp3) is 0.562. The topological polar surface area (TPSA) is 50.1 Å². The molecular weight excluding hydrogens is 276 g/mol. The molecule has 0 unspecified atom stereocenters. The molecule has 1 aliphatic heterocycles. The predicted molar refractivity (Wildman–Crippen MR) is 88.3 cm³/mol. The van der Waals surface area contributed by atoms with Crippen LogP contribution in [0, 0.1) is 6.92 Å². The molecule has 0 spiro atoms. The van der Waals surface area contributed by atoms with Gasteiger partial charge in [0.05, 0.1) is 0 Å². The summed E-state index contributed by atoms with van der Waals surface area (Å²) in [5.74, 6) is 3.03. The van der Waals surface area contributed by atoms with Crippen molar-refractivity contribution in [1.29, 1.82) is 0 Å². The maximum absolute atomic E-state index is 4.72. The normalized spacial score (nSPS) is 15.4. The van der Waals surface area contributed by atoms with Crippen molar-refractivity contribution in [2.75, 3.05) is 36.0 Å². The van der Waals surface area contributed by atoms with E-state index in [9.17, 15) is 0 Å². The first kappa shape index (κ1) is 14.8. The van der Waals surface area contributed by atoms with E-state index in [1.165, 1.54) is 12.8 Å². The summed E-state index contributed by atoms with van der Waals surface area (Å²) in [4.78, 5) is 18.0. The standard InChI is InChI=1S/C16H24N6/c1-3-4-8-22-13-15(19-14(22)2)20-9-11-21(12-10-20)16-17-6-5-7-18-16/h5-7,13H,3-4,8-12H2,1-2H3. The van der Waals surface area contributed by atoms with E-state index in [0.717, 1.165) is 50.3 Å². The molecule has 0 bridgehead atoms. The molecule has 1 aliphatic rings. The number of nitrogens with zero attached hydrogens (tertiary/aromatic N) is 6.